The summed E-state index contributed by atoms with van der Waals surface area (Å²) in [7, 11) is 1.67. The second-order valence-electron chi connectivity index (χ2n) is 6.14. The zero-order valence-electron chi connectivity index (χ0n) is 14.7. The molecule has 2 amide bonds. The van der Waals surface area contributed by atoms with Crippen LogP contribution in [0.1, 0.15) is 4.88 Å². The number of rotatable bonds is 4. The molecule has 0 fully saturated rings. The monoisotopic (exact) mass is 396 g/mol. The smallest absolute Gasteiger partial charge is 0.282 e. The van der Waals surface area contributed by atoms with E-state index in [2.05, 4.69) is 0 Å². The number of para-hydroxylation sites is 1. The molecule has 4 nitrogen and oxygen atoms in total. The number of carbonyl (C=O) groups excluding carboxylic acids is 2. The van der Waals surface area contributed by atoms with Crippen LogP contribution in [0.15, 0.2) is 71.7 Å². The first-order valence-corrected chi connectivity index (χ1v) is 9.27. The minimum absolute atomic E-state index is 0.141. The molecular weight excluding hydrogens is 382 g/mol. The van der Waals surface area contributed by atoms with E-state index in [4.69, 9.17) is 0 Å². The molecule has 0 spiro atoms. The van der Waals surface area contributed by atoms with Crippen molar-refractivity contribution < 1.29 is 18.4 Å². The quantitative estimate of drug-likeness (QED) is 0.612. The topological polar surface area (TPSA) is 40.6 Å². The number of imide groups is 1. The van der Waals surface area contributed by atoms with Gasteiger partial charge in [-0.3, -0.25) is 9.59 Å². The minimum atomic E-state index is -0.976. The molecule has 0 N–H and O–H groups in total. The van der Waals surface area contributed by atoms with Crippen molar-refractivity contribution >= 4 is 40.1 Å². The number of halogens is 2. The van der Waals surface area contributed by atoms with Crippen LogP contribution in [0.4, 0.5) is 20.2 Å². The van der Waals surface area contributed by atoms with Crippen LogP contribution in [0.25, 0.3) is 5.57 Å². The number of likely N-dealkylation sites (N-methyl/N-ethyl adjacent to an activating group) is 1. The lowest BCUT2D eigenvalue weighted by Crippen LogP contribution is -2.34. The highest BCUT2D eigenvalue weighted by atomic mass is 32.1. The van der Waals surface area contributed by atoms with Gasteiger partial charge in [-0.1, -0.05) is 24.3 Å². The molecule has 0 unspecified atom stereocenters. The van der Waals surface area contributed by atoms with Crippen LogP contribution in [0.3, 0.4) is 0 Å². The lowest BCUT2D eigenvalue weighted by Gasteiger charge is -2.21. The molecule has 0 saturated heterocycles. The Morgan fingerprint density at radius 3 is 2.32 bits per heavy atom. The average molecular weight is 396 g/mol. The second-order valence-corrected chi connectivity index (χ2v) is 7.08. The largest absolute Gasteiger partial charge is 0.339 e. The predicted molar refractivity (Wildman–Crippen MR) is 105 cm³/mol. The first-order chi connectivity index (χ1) is 13.5. The highest BCUT2D eigenvalue weighted by Crippen LogP contribution is 2.38. The lowest BCUT2D eigenvalue weighted by molar-refractivity contribution is -0.120. The summed E-state index contributed by atoms with van der Waals surface area (Å²) in [5, 5.41) is 1.79. The van der Waals surface area contributed by atoms with Gasteiger partial charge >= 0.3 is 0 Å². The van der Waals surface area contributed by atoms with Crippen LogP contribution >= 0.6 is 11.3 Å². The number of amides is 2. The number of hydrogen-bond donors (Lipinski definition) is 0. The second kappa shape index (κ2) is 7.01. The van der Waals surface area contributed by atoms with Gasteiger partial charge < -0.3 is 4.90 Å². The summed E-state index contributed by atoms with van der Waals surface area (Å²) in [5.41, 5.74) is 0.758. The van der Waals surface area contributed by atoms with Crippen molar-refractivity contribution in [2.75, 3.05) is 16.8 Å². The summed E-state index contributed by atoms with van der Waals surface area (Å²) < 4.78 is 27.7. The first-order valence-electron chi connectivity index (χ1n) is 8.40. The maximum Gasteiger partial charge on any atom is 0.282 e. The molecule has 0 radical (unpaired) electrons. The molecule has 0 bridgehead atoms. The van der Waals surface area contributed by atoms with Gasteiger partial charge in [-0.2, -0.15) is 0 Å². The number of carbonyl (C=O) groups is 2. The number of thiophene rings is 1. The zero-order chi connectivity index (χ0) is 19.8. The Balaban J connectivity index is 1.87. The third kappa shape index (κ3) is 2.90. The molecular formula is C21H14F2N2O2S. The van der Waals surface area contributed by atoms with Gasteiger partial charge in [0.1, 0.15) is 17.3 Å². The van der Waals surface area contributed by atoms with Gasteiger partial charge in [0.05, 0.1) is 11.3 Å². The van der Waals surface area contributed by atoms with E-state index in [1.165, 1.54) is 11.3 Å². The van der Waals surface area contributed by atoms with Crippen molar-refractivity contribution in [1.29, 1.82) is 0 Å². The minimum Gasteiger partial charge on any atom is -0.339 e. The molecule has 1 aliphatic rings. The van der Waals surface area contributed by atoms with E-state index in [9.17, 15) is 18.4 Å². The Labute approximate surface area is 163 Å². The van der Waals surface area contributed by atoms with Crippen molar-refractivity contribution in [3.05, 3.63) is 88.3 Å². The fourth-order valence-electron chi connectivity index (χ4n) is 3.13. The van der Waals surface area contributed by atoms with Gasteiger partial charge in [-0.15, -0.1) is 11.3 Å². The summed E-state index contributed by atoms with van der Waals surface area (Å²) in [6.07, 6.45) is 0. The van der Waals surface area contributed by atoms with Crippen LogP contribution < -0.4 is 9.80 Å². The number of benzene rings is 2. The number of nitrogens with zero attached hydrogens (tertiary/aromatic N) is 2. The molecule has 0 saturated carbocycles. The Hall–Kier alpha value is -3.32. The van der Waals surface area contributed by atoms with Gasteiger partial charge in [0.2, 0.25) is 0 Å². The molecule has 28 heavy (non-hydrogen) atoms. The Kier molecular flexibility index (Phi) is 4.52. The van der Waals surface area contributed by atoms with E-state index in [0.717, 1.165) is 17.0 Å². The average Bonchev–Trinajstić information content (AvgIpc) is 3.29. The Bertz CT molecular complexity index is 1090. The molecule has 2 aromatic carbocycles. The molecule has 2 heterocycles. The standard InChI is InChI=1S/C21H14F2N2O2S/c1-24(14-6-3-2-4-7-14)19-18(17-8-5-11-28-17)20(26)25(21(19)27)16-10-9-13(22)12-15(16)23/h2-12H,1H3. The maximum atomic E-state index is 14.4. The van der Waals surface area contributed by atoms with Crippen molar-refractivity contribution in [2.24, 2.45) is 0 Å². The van der Waals surface area contributed by atoms with Gasteiger partial charge in [0.25, 0.3) is 11.8 Å². The van der Waals surface area contributed by atoms with Crippen molar-refractivity contribution in [1.82, 2.24) is 0 Å². The van der Waals surface area contributed by atoms with Crippen LogP contribution in [0.2, 0.25) is 0 Å². The lowest BCUT2D eigenvalue weighted by atomic mass is 10.1. The zero-order valence-corrected chi connectivity index (χ0v) is 15.5. The van der Waals surface area contributed by atoms with Gasteiger partial charge in [-0.05, 0) is 35.7 Å². The first kappa shape index (κ1) is 18.1. The molecule has 140 valence electrons. The van der Waals surface area contributed by atoms with E-state index in [1.807, 2.05) is 18.2 Å². The Morgan fingerprint density at radius 1 is 0.929 bits per heavy atom. The van der Waals surface area contributed by atoms with Crippen LogP contribution in [-0.4, -0.2) is 18.9 Å². The summed E-state index contributed by atoms with van der Waals surface area (Å²) >= 11 is 1.31. The van der Waals surface area contributed by atoms with Crippen LogP contribution in [0.5, 0.6) is 0 Å². The van der Waals surface area contributed by atoms with Gasteiger partial charge in [0, 0.05) is 23.7 Å². The SMILES string of the molecule is CN(C1=C(c2cccs2)C(=O)N(c2ccc(F)cc2F)C1=O)c1ccccc1. The highest BCUT2D eigenvalue weighted by molar-refractivity contribution is 7.11. The van der Waals surface area contributed by atoms with Crippen molar-refractivity contribution in [3.63, 3.8) is 0 Å². The molecule has 0 atom stereocenters. The molecule has 0 aliphatic carbocycles. The maximum absolute atomic E-state index is 14.4. The normalized spacial score (nSPS) is 14.2. The van der Waals surface area contributed by atoms with Crippen molar-refractivity contribution in [2.45, 2.75) is 0 Å². The summed E-state index contributed by atoms with van der Waals surface area (Å²) in [5.74, 6) is -3.06. The van der Waals surface area contributed by atoms with E-state index in [-0.39, 0.29) is 17.0 Å². The predicted octanol–water partition coefficient (Wildman–Crippen LogP) is 4.45. The fourth-order valence-corrected chi connectivity index (χ4v) is 3.90. The summed E-state index contributed by atoms with van der Waals surface area (Å²) in [6.45, 7) is 0. The molecule has 1 aromatic heterocycles. The van der Waals surface area contributed by atoms with E-state index >= 15 is 0 Å². The molecule has 7 heteroatoms. The van der Waals surface area contributed by atoms with Crippen LogP contribution in [-0.2, 0) is 9.59 Å². The molecule has 3 aromatic rings. The number of anilines is 2. The third-order valence-electron chi connectivity index (χ3n) is 4.46. The van der Waals surface area contributed by atoms with Crippen LogP contribution in [0, 0.1) is 11.6 Å². The van der Waals surface area contributed by atoms with Crippen molar-refractivity contribution in [3.8, 4) is 0 Å². The molecule has 1 aliphatic heterocycles. The number of hydrogen-bond acceptors (Lipinski definition) is 4. The third-order valence-corrected chi connectivity index (χ3v) is 5.34. The van der Waals surface area contributed by atoms with E-state index in [0.29, 0.717) is 16.6 Å². The summed E-state index contributed by atoms with van der Waals surface area (Å²) in [4.78, 5) is 29.4. The highest BCUT2D eigenvalue weighted by Gasteiger charge is 2.43. The Morgan fingerprint density at radius 2 is 1.68 bits per heavy atom. The summed E-state index contributed by atoms with van der Waals surface area (Å²) in [6, 6.07) is 15.3. The van der Waals surface area contributed by atoms with Gasteiger partial charge in [-0.25, -0.2) is 13.7 Å². The molecule has 4 rings (SSSR count). The van der Waals surface area contributed by atoms with Gasteiger partial charge in [0.15, 0.2) is 0 Å². The van der Waals surface area contributed by atoms with E-state index in [1.54, 1.807) is 41.6 Å². The van der Waals surface area contributed by atoms with E-state index < -0.39 is 23.4 Å². The fraction of sp³-hybridized carbons (Fsp3) is 0.0476.